The van der Waals surface area contributed by atoms with Gasteiger partial charge in [0.05, 0.1) is 0 Å². The van der Waals surface area contributed by atoms with Crippen LogP contribution >= 0.6 is 0 Å². The van der Waals surface area contributed by atoms with Gasteiger partial charge in [0, 0.05) is 32.2 Å². The minimum atomic E-state index is -1.37. The van der Waals surface area contributed by atoms with Crippen molar-refractivity contribution in [1.29, 1.82) is 0 Å². The number of benzene rings is 1. The molecule has 0 aliphatic carbocycles. The molecule has 1 aromatic rings. The van der Waals surface area contributed by atoms with Crippen molar-refractivity contribution in [2.75, 3.05) is 26.2 Å². The van der Waals surface area contributed by atoms with Crippen molar-refractivity contribution >= 4 is 11.9 Å². The number of piperazine rings is 1. The normalized spacial score (nSPS) is 18.1. The summed E-state index contributed by atoms with van der Waals surface area (Å²) in [7, 11) is 0. The van der Waals surface area contributed by atoms with E-state index in [-0.39, 0.29) is 6.04 Å². The first kappa shape index (κ1) is 13.5. The van der Waals surface area contributed by atoms with Crippen molar-refractivity contribution in [1.82, 2.24) is 9.80 Å². The van der Waals surface area contributed by atoms with Gasteiger partial charge in [-0.15, -0.1) is 0 Å². The van der Waals surface area contributed by atoms with Gasteiger partial charge >= 0.3 is 11.9 Å². The van der Waals surface area contributed by atoms with Crippen LogP contribution in [0, 0.1) is 0 Å². The van der Waals surface area contributed by atoms with Crippen molar-refractivity contribution in [2.45, 2.75) is 13.0 Å². The molecule has 1 amide bonds. The highest BCUT2D eigenvalue weighted by Crippen LogP contribution is 2.21. The smallest absolute Gasteiger partial charge is 0.394 e. The molecule has 0 spiro atoms. The molecule has 0 bridgehead atoms. The standard InChI is InChI=1S/C14H18N2O3/c1-11(12-5-3-2-4-6-12)15-7-9-16(10-8-15)13(17)14(18)19/h2-6,11H,7-10H2,1H3,(H,18,19). The maximum absolute atomic E-state index is 11.4. The average molecular weight is 262 g/mol. The predicted molar refractivity (Wildman–Crippen MR) is 70.6 cm³/mol. The third-order valence-electron chi connectivity index (χ3n) is 3.61. The van der Waals surface area contributed by atoms with E-state index in [1.165, 1.54) is 10.5 Å². The first-order valence-electron chi connectivity index (χ1n) is 6.41. The van der Waals surface area contributed by atoms with E-state index in [0.717, 1.165) is 0 Å². The number of carbonyl (C=O) groups is 2. The van der Waals surface area contributed by atoms with Gasteiger partial charge < -0.3 is 10.0 Å². The van der Waals surface area contributed by atoms with Crippen LogP contribution in [0.3, 0.4) is 0 Å². The van der Waals surface area contributed by atoms with Crippen molar-refractivity contribution in [3.63, 3.8) is 0 Å². The van der Waals surface area contributed by atoms with Crippen molar-refractivity contribution in [3.05, 3.63) is 35.9 Å². The first-order chi connectivity index (χ1) is 9.09. The molecule has 19 heavy (non-hydrogen) atoms. The average Bonchev–Trinajstić information content (AvgIpc) is 2.46. The zero-order valence-electron chi connectivity index (χ0n) is 11.0. The topological polar surface area (TPSA) is 60.9 Å². The molecule has 1 fully saturated rings. The van der Waals surface area contributed by atoms with Gasteiger partial charge in [0.2, 0.25) is 0 Å². The Hall–Kier alpha value is -1.88. The highest BCUT2D eigenvalue weighted by molar-refractivity contribution is 6.31. The SMILES string of the molecule is CC(c1ccccc1)N1CCN(C(=O)C(=O)O)CC1. The van der Waals surface area contributed by atoms with Gasteiger partial charge in [0.1, 0.15) is 0 Å². The molecule has 5 heteroatoms. The van der Waals surface area contributed by atoms with Crippen LogP contribution in [-0.4, -0.2) is 53.0 Å². The summed E-state index contributed by atoms with van der Waals surface area (Å²) in [5.74, 6) is -2.17. The lowest BCUT2D eigenvalue weighted by atomic mass is 10.1. The predicted octanol–water partition coefficient (Wildman–Crippen LogP) is 0.976. The molecule has 1 N–H and O–H groups in total. The molecule has 1 saturated heterocycles. The summed E-state index contributed by atoms with van der Waals surface area (Å²) in [6.07, 6.45) is 0. The van der Waals surface area contributed by atoms with Crippen LogP contribution in [0.25, 0.3) is 0 Å². The molecule has 5 nitrogen and oxygen atoms in total. The Bertz CT molecular complexity index is 453. The number of hydrogen-bond acceptors (Lipinski definition) is 3. The monoisotopic (exact) mass is 262 g/mol. The molecular formula is C14H18N2O3. The van der Waals surface area contributed by atoms with Gasteiger partial charge in [-0.3, -0.25) is 9.69 Å². The summed E-state index contributed by atoms with van der Waals surface area (Å²) in [6, 6.07) is 10.5. The number of carbonyl (C=O) groups excluding carboxylic acids is 1. The van der Waals surface area contributed by atoms with Crippen molar-refractivity contribution in [3.8, 4) is 0 Å². The number of aliphatic carboxylic acids is 1. The summed E-state index contributed by atoms with van der Waals surface area (Å²) >= 11 is 0. The fourth-order valence-corrected chi connectivity index (χ4v) is 2.39. The molecule has 102 valence electrons. The van der Waals surface area contributed by atoms with Crippen LogP contribution in [0.4, 0.5) is 0 Å². The first-order valence-corrected chi connectivity index (χ1v) is 6.41. The molecule has 0 saturated carbocycles. The number of carboxylic acid groups (broad SMARTS) is 1. The minimum absolute atomic E-state index is 0.281. The third-order valence-corrected chi connectivity index (χ3v) is 3.61. The van der Waals surface area contributed by atoms with E-state index in [4.69, 9.17) is 5.11 Å². The number of hydrogen-bond donors (Lipinski definition) is 1. The summed E-state index contributed by atoms with van der Waals surface area (Å²) < 4.78 is 0. The number of rotatable bonds is 2. The maximum Gasteiger partial charge on any atom is 0.394 e. The second-order valence-corrected chi connectivity index (χ2v) is 4.72. The molecule has 1 aromatic carbocycles. The Kier molecular flexibility index (Phi) is 4.16. The molecule has 1 heterocycles. The molecular weight excluding hydrogens is 244 g/mol. The van der Waals surface area contributed by atoms with E-state index in [1.54, 1.807) is 0 Å². The summed E-state index contributed by atoms with van der Waals surface area (Å²) in [5, 5.41) is 8.68. The molecule has 1 unspecified atom stereocenters. The van der Waals surface area contributed by atoms with Gasteiger partial charge in [-0.2, -0.15) is 0 Å². The van der Waals surface area contributed by atoms with E-state index in [9.17, 15) is 9.59 Å². The largest absolute Gasteiger partial charge is 0.474 e. The van der Waals surface area contributed by atoms with Crippen LogP contribution in [0.2, 0.25) is 0 Å². The highest BCUT2D eigenvalue weighted by atomic mass is 16.4. The van der Waals surface area contributed by atoms with Gasteiger partial charge in [0.15, 0.2) is 0 Å². The number of amides is 1. The molecule has 1 aliphatic rings. The van der Waals surface area contributed by atoms with Crippen LogP contribution in [0.15, 0.2) is 30.3 Å². The van der Waals surface area contributed by atoms with Crippen LogP contribution < -0.4 is 0 Å². The Morgan fingerprint density at radius 3 is 2.21 bits per heavy atom. The Morgan fingerprint density at radius 2 is 1.68 bits per heavy atom. The van der Waals surface area contributed by atoms with E-state index < -0.39 is 11.9 Å². The Morgan fingerprint density at radius 1 is 1.11 bits per heavy atom. The lowest BCUT2D eigenvalue weighted by molar-refractivity contribution is -0.157. The molecule has 1 atom stereocenters. The zero-order chi connectivity index (χ0) is 13.8. The lowest BCUT2D eigenvalue weighted by Gasteiger charge is -2.37. The van der Waals surface area contributed by atoms with E-state index in [0.29, 0.717) is 26.2 Å². The van der Waals surface area contributed by atoms with Gasteiger partial charge in [-0.25, -0.2) is 4.79 Å². The molecule has 2 rings (SSSR count). The van der Waals surface area contributed by atoms with Gasteiger partial charge in [0.25, 0.3) is 0 Å². The van der Waals surface area contributed by atoms with E-state index in [2.05, 4.69) is 24.0 Å². The van der Waals surface area contributed by atoms with Crippen LogP contribution in [-0.2, 0) is 9.59 Å². The van der Waals surface area contributed by atoms with Gasteiger partial charge in [-0.1, -0.05) is 30.3 Å². The molecule has 0 radical (unpaired) electrons. The quantitative estimate of drug-likeness (QED) is 0.807. The van der Waals surface area contributed by atoms with Crippen molar-refractivity contribution < 1.29 is 14.7 Å². The fourth-order valence-electron chi connectivity index (χ4n) is 2.39. The lowest BCUT2D eigenvalue weighted by Crippen LogP contribution is -2.51. The molecule has 1 aliphatic heterocycles. The highest BCUT2D eigenvalue weighted by Gasteiger charge is 2.27. The minimum Gasteiger partial charge on any atom is -0.474 e. The Balaban J connectivity index is 1.93. The number of nitrogens with zero attached hydrogens (tertiary/aromatic N) is 2. The van der Waals surface area contributed by atoms with Crippen LogP contribution in [0.1, 0.15) is 18.5 Å². The third kappa shape index (κ3) is 3.12. The second kappa shape index (κ2) is 5.84. The van der Waals surface area contributed by atoms with Gasteiger partial charge in [-0.05, 0) is 12.5 Å². The van der Waals surface area contributed by atoms with E-state index >= 15 is 0 Å². The maximum atomic E-state index is 11.4. The van der Waals surface area contributed by atoms with Crippen molar-refractivity contribution in [2.24, 2.45) is 0 Å². The van der Waals surface area contributed by atoms with Crippen LogP contribution in [0.5, 0.6) is 0 Å². The summed E-state index contributed by atoms with van der Waals surface area (Å²) in [6.45, 7) is 4.48. The summed E-state index contributed by atoms with van der Waals surface area (Å²) in [5.41, 5.74) is 1.24. The second-order valence-electron chi connectivity index (χ2n) is 4.72. The Labute approximate surface area is 112 Å². The molecule has 0 aromatic heterocycles. The number of carboxylic acids is 1. The fraction of sp³-hybridized carbons (Fsp3) is 0.429. The summed E-state index contributed by atoms with van der Waals surface area (Å²) in [4.78, 5) is 25.6. The van der Waals surface area contributed by atoms with E-state index in [1.807, 2.05) is 18.2 Å². The zero-order valence-corrected chi connectivity index (χ0v) is 11.0.